The van der Waals surface area contributed by atoms with Gasteiger partial charge in [-0.15, -0.1) is 0 Å². The summed E-state index contributed by atoms with van der Waals surface area (Å²) in [4.78, 5) is 5.14. The third-order valence-corrected chi connectivity index (χ3v) is 7.74. The molecule has 0 spiro atoms. The first-order valence-electron chi connectivity index (χ1n) is 8.45. The SMILES string of the molecule is CC12CC3CC(C)(C1)CC(C(Br)Cc1ccccn1)(C3)C2. The fourth-order valence-corrected chi connectivity index (χ4v) is 7.65. The minimum absolute atomic E-state index is 0.514. The number of pyridine rings is 1. The molecule has 3 atom stereocenters. The van der Waals surface area contributed by atoms with E-state index in [0.717, 1.165) is 12.3 Å². The van der Waals surface area contributed by atoms with E-state index in [9.17, 15) is 0 Å². The van der Waals surface area contributed by atoms with Crippen LogP contribution >= 0.6 is 15.9 Å². The molecule has 4 saturated carbocycles. The molecule has 1 nitrogen and oxygen atoms in total. The lowest BCUT2D eigenvalue weighted by Crippen LogP contribution is -2.58. The van der Waals surface area contributed by atoms with Crippen LogP contribution in [-0.4, -0.2) is 9.81 Å². The first-order chi connectivity index (χ1) is 9.91. The van der Waals surface area contributed by atoms with Gasteiger partial charge in [0.1, 0.15) is 0 Å². The predicted octanol–water partition coefficient (Wildman–Crippen LogP) is 5.38. The van der Waals surface area contributed by atoms with E-state index in [-0.39, 0.29) is 0 Å². The Morgan fingerprint density at radius 2 is 1.86 bits per heavy atom. The highest BCUT2D eigenvalue weighted by Crippen LogP contribution is 2.71. The number of rotatable bonds is 3. The summed E-state index contributed by atoms with van der Waals surface area (Å²) in [5.74, 6) is 0.972. The van der Waals surface area contributed by atoms with Crippen molar-refractivity contribution in [2.45, 2.75) is 63.6 Å². The smallest absolute Gasteiger partial charge is 0.0414 e. The van der Waals surface area contributed by atoms with E-state index in [4.69, 9.17) is 0 Å². The van der Waals surface area contributed by atoms with Crippen LogP contribution in [0.3, 0.4) is 0 Å². The number of hydrogen-bond donors (Lipinski definition) is 0. The van der Waals surface area contributed by atoms with Gasteiger partial charge < -0.3 is 0 Å². The third-order valence-electron chi connectivity index (χ3n) is 6.45. The molecule has 1 heterocycles. The molecule has 5 rings (SSSR count). The van der Waals surface area contributed by atoms with E-state index in [2.05, 4.69) is 46.9 Å². The van der Waals surface area contributed by atoms with Crippen molar-refractivity contribution in [2.24, 2.45) is 22.2 Å². The number of halogens is 1. The van der Waals surface area contributed by atoms with Gasteiger partial charge in [-0.2, -0.15) is 0 Å². The Kier molecular flexibility index (Phi) is 3.10. The molecule has 1 aromatic heterocycles. The van der Waals surface area contributed by atoms with Crippen molar-refractivity contribution in [1.29, 1.82) is 0 Å². The molecule has 0 N–H and O–H groups in total. The minimum atomic E-state index is 0.514. The van der Waals surface area contributed by atoms with Crippen LogP contribution in [0, 0.1) is 22.2 Å². The van der Waals surface area contributed by atoms with Gasteiger partial charge in [-0.25, -0.2) is 0 Å². The summed E-state index contributed by atoms with van der Waals surface area (Å²) in [6.07, 6.45) is 11.7. The van der Waals surface area contributed by atoms with Gasteiger partial charge in [0.25, 0.3) is 0 Å². The van der Waals surface area contributed by atoms with Crippen molar-refractivity contribution in [2.75, 3.05) is 0 Å². The van der Waals surface area contributed by atoms with E-state index in [0.29, 0.717) is 21.1 Å². The molecule has 21 heavy (non-hydrogen) atoms. The average molecular weight is 348 g/mol. The zero-order valence-corrected chi connectivity index (χ0v) is 14.8. The molecule has 1 aromatic rings. The normalized spacial score (nSPS) is 45.8. The summed E-state index contributed by atoms with van der Waals surface area (Å²) in [5.41, 5.74) is 2.96. The Labute approximate surface area is 137 Å². The van der Waals surface area contributed by atoms with Crippen molar-refractivity contribution < 1.29 is 0 Å². The van der Waals surface area contributed by atoms with Gasteiger partial charge in [-0.05, 0) is 72.8 Å². The maximum absolute atomic E-state index is 4.55. The molecular weight excluding hydrogens is 322 g/mol. The lowest BCUT2D eigenvalue weighted by molar-refractivity contribution is -0.144. The maximum Gasteiger partial charge on any atom is 0.0414 e. The van der Waals surface area contributed by atoms with E-state index in [1.54, 1.807) is 0 Å². The van der Waals surface area contributed by atoms with Gasteiger partial charge in [0.05, 0.1) is 0 Å². The fourth-order valence-electron chi connectivity index (χ4n) is 6.80. The summed E-state index contributed by atoms with van der Waals surface area (Å²) in [5, 5.41) is 0. The molecule has 0 aromatic carbocycles. The van der Waals surface area contributed by atoms with Gasteiger partial charge >= 0.3 is 0 Å². The Hall–Kier alpha value is -0.370. The first-order valence-corrected chi connectivity index (χ1v) is 9.36. The van der Waals surface area contributed by atoms with Gasteiger partial charge in [0, 0.05) is 23.1 Å². The van der Waals surface area contributed by atoms with Crippen molar-refractivity contribution >= 4 is 15.9 Å². The van der Waals surface area contributed by atoms with E-state index in [1.807, 2.05) is 12.3 Å². The molecule has 3 unspecified atom stereocenters. The number of aromatic nitrogens is 1. The van der Waals surface area contributed by atoms with Crippen LogP contribution < -0.4 is 0 Å². The summed E-state index contributed by atoms with van der Waals surface area (Å²) in [7, 11) is 0. The molecule has 2 heteroatoms. The highest BCUT2D eigenvalue weighted by atomic mass is 79.9. The summed E-state index contributed by atoms with van der Waals surface area (Å²) in [6, 6.07) is 6.31. The topological polar surface area (TPSA) is 12.9 Å². The standard InChI is InChI=1S/C19H26BrN/c1-17-8-14-9-18(2,11-17)13-19(10-14,12-17)16(20)7-15-5-3-4-6-21-15/h3-6,14,16H,7-13H2,1-2H3. The molecule has 4 fully saturated rings. The van der Waals surface area contributed by atoms with Gasteiger partial charge in [-0.1, -0.05) is 35.8 Å². The van der Waals surface area contributed by atoms with Gasteiger partial charge in [-0.3, -0.25) is 4.98 Å². The summed E-state index contributed by atoms with van der Waals surface area (Å²) in [6.45, 7) is 5.12. The van der Waals surface area contributed by atoms with Crippen LogP contribution in [0.2, 0.25) is 0 Å². The number of alkyl halides is 1. The van der Waals surface area contributed by atoms with Crippen LogP contribution in [0.4, 0.5) is 0 Å². The van der Waals surface area contributed by atoms with E-state index in [1.165, 1.54) is 44.2 Å². The molecule has 0 radical (unpaired) electrons. The third kappa shape index (κ3) is 2.38. The summed E-state index contributed by atoms with van der Waals surface area (Å²) < 4.78 is 0. The lowest BCUT2D eigenvalue weighted by atomic mass is 9.39. The molecular formula is C19H26BrN. The molecule has 0 amide bonds. The van der Waals surface area contributed by atoms with Crippen molar-refractivity contribution in [3.63, 3.8) is 0 Å². The Morgan fingerprint density at radius 1 is 1.14 bits per heavy atom. The second-order valence-electron chi connectivity index (χ2n) is 8.99. The van der Waals surface area contributed by atoms with Crippen molar-refractivity contribution in [3.8, 4) is 0 Å². The molecule has 0 saturated heterocycles. The molecule has 114 valence electrons. The van der Waals surface area contributed by atoms with Gasteiger partial charge in [0.2, 0.25) is 0 Å². The molecule has 4 aliphatic carbocycles. The van der Waals surface area contributed by atoms with Crippen LogP contribution in [0.25, 0.3) is 0 Å². The van der Waals surface area contributed by atoms with Crippen LogP contribution in [0.15, 0.2) is 24.4 Å². The zero-order chi connectivity index (χ0) is 14.7. The maximum atomic E-state index is 4.55. The van der Waals surface area contributed by atoms with Crippen molar-refractivity contribution in [3.05, 3.63) is 30.1 Å². The van der Waals surface area contributed by atoms with E-state index >= 15 is 0 Å². The Bertz CT molecular complexity index is 522. The van der Waals surface area contributed by atoms with E-state index < -0.39 is 0 Å². The quantitative estimate of drug-likeness (QED) is 0.668. The van der Waals surface area contributed by atoms with Gasteiger partial charge in [0.15, 0.2) is 0 Å². The fraction of sp³-hybridized carbons (Fsp3) is 0.737. The van der Waals surface area contributed by atoms with Crippen LogP contribution in [0.1, 0.15) is 58.1 Å². The summed E-state index contributed by atoms with van der Waals surface area (Å²) >= 11 is 4.11. The second-order valence-corrected chi connectivity index (χ2v) is 10.1. The lowest BCUT2D eigenvalue weighted by Gasteiger charge is -2.66. The molecule has 4 bridgehead atoms. The minimum Gasteiger partial charge on any atom is -0.261 e. The highest BCUT2D eigenvalue weighted by Gasteiger charge is 2.61. The monoisotopic (exact) mass is 347 g/mol. The Balaban J connectivity index is 1.62. The largest absolute Gasteiger partial charge is 0.261 e. The number of nitrogens with zero attached hydrogens (tertiary/aromatic N) is 1. The van der Waals surface area contributed by atoms with Crippen LogP contribution in [-0.2, 0) is 6.42 Å². The first kappa shape index (κ1) is 14.2. The zero-order valence-electron chi connectivity index (χ0n) is 13.2. The average Bonchev–Trinajstić information content (AvgIpc) is 2.35. The second kappa shape index (κ2) is 4.57. The molecule has 4 aliphatic rings. The molecule has 0 aliphatic heterocycles. The predicted molar refractivity (Wildman–Crippen MR) is 90.5 cm³/mol. The van der Waals surface area contributed by atoms with Crippen LogP contribution in [0.5, 0.6) is 0 Å². The van der Waals surface area contributed by atoms with Crippen molar-refractivity contribution in [1.82, 2.24) is 4.98 Å². The Morgan fingerprint density at radius 3 is 2.43 bits per heavy atom. The highest BCUT2D eigenvalue weighted by molar-refractivity contribution is 9.09. The number of hydrogen-bond acceptors (Lipinski definition) is 1.